The van der Waals surface area contributed by atoms with Crippen LogP contribution in [0.4, 0.5) is 0 Å². The molecule has 3 aliphatic heterocycles. The van der Waals surface area contributed by atoms with Crippen molar-refractivity contribution < 1.29 is 4.79 Å². The second-order valence-corrected chi connectivity index (χ2v) is 6.34. The average molecular weight is 251 g/mol. The molecule has 3 rings (SSSR count). The monoisotopic (exact) mass is 251 g/mol. The van der Waals surface area contributed by atoms with E-state index in [0.717, 1.165) is 44.2 Å². The summed E-state index contributed by atoms with van der Waals surface area (Å²) in [6.45, 7) is 8.28. The summed E-state index contributed by atoms with van der Waals surface area (Å²) in [4.78, 5) is 18.6. The Morgan fingerprint density at radius 2 is 1.83 bits per heavy atom. The smallest absolute Gasteiger partial charge is 0.222 e. The van der Waals surface area contributed by atoms with Crippen molar-refractivity contribution in [2.24, 2.45) is 11.8 Å². The van der Waals surface area contributed by atoms with Gasteiger partial charge in [0.25, 0.3) is 0 Å². The summed E-state index contributed by atoms with van der Waals surface area (Å²) in [6, 6.07) is 0. The molecule has 0 unspecified atom stereocenters. The highest BCUT2D eigenvalue weighted by atomic mass is 16.2. The van der Waals surface area contributed by atoms with Gasteiger partial charge < -0.3 is 14.7 Å². The van der Waals surface area contributed by atoms with E-state index in [9.17, 15) is 4.79 Å². The quantitative estimate of drug-likeness (QED) is 0.728. The van der Waals surface area contributed by atoms with Crippen LogP contribution in [-0.2, 0) is 4.79 Å². The molecule has 0 aromatic heterocycles. The fourth-order valence-corrected chi connectivity index (χ4v) is 3.93. The van der Waals surface area contributed by atoms with E-state index in [1.807, 2.05) is 4.90 Å². The van der Waals surface area contributed by atoms with E-state index in [1.54, 1.807) is 0 Å². The third kappa shape index (κ3) is 2.54. The van der Waals surface area contributed by atoms with Crippen molar-refractivity contribution in [1.29, 1.82) is 0 Å². The number of amides is 1. The van der Waals surface area contributed by atoms with Gasteiger partial charge in [0.1, 0.15) is 0 Å². The highest BCUT2D eigenvalue weighted by Gasteiger charge is 2.38. The Balaban J connectivity index is 1.36. The lowest BCUT2D eigenvalue weighted by Gasteiger charge is -2.21. The summed E-state index contributed by atoms with van der Waals surface area (Å²) in [5.74, 6) is 2.18. The van der Waals surface area contributed by atoms with E-state index in [4.69, 9.17) is 0 Å². The van der Waals surface area contributed by atoms with Gasteiger partial charge >= 0.3 is 0 Å². The van der Waals surface area contributed by atoms with Crippen LogP contribution >= 0.6 is 0 Å². The van der Waals surface area contributed by atoms with Gasteiger partial charge in [-0.05, 0) is 38.3 Å². The molecule has 3 saturated heterocycles. The van der Waals surface area contributed by atoms with E-state index in [2.05, 4.69) is 16.8 Å². The lowest BCUT2D eigenvalue weighted by Crippen LogP contribution is -2.31. The summed E-state index contributed by atoms with van der Waals surface area (Å²) < 4.78 is 0. The number of hydrogen-bond acceptors (Lipinski definition) is 3. The summed E-state index contributed by atoms with van der Waals surface area (Å²) in [5.41, 5.74) is 0. The first kappa shape index (κ1) is 12.4. The number of carbonyl (C=O) groups is 1. The molecule has 3 fully saturated rings. The van der Waals surface area contributed by atoms with E-state index in [-0.39, 0.29) is 0 Å². The van der Waals surface area contributed by atoms with Gasteiger partial charge in [-0.15, -0.1) is 0 Å². The molecule has 0 aromatic rings. The molecule has 1 amide bonds. The van der Waals surface area contributed by atoms with Crippen LogP contribution in [0.5, 0.6) is 0 Å². The number of hydrogen-bond donors (Lipinski definition) is 0. The number of likely N-dealkylation sites (tertiary alicyclic amines) is 3. The largest absolute Gasteiger partial charge is 0.343 e. The Bertz CT molecular complexity index is 306. The van der Waals surface area contributed by atoms with Crippen LogP contribution in [0.2, 0.25) is 0 Å². The minimum atomic E-state index is 0.370. The first-order chi connectivity index (χ1) is 8.72. The van der Waals surface area contributed by atoms with E-state index < -0.39 is 0 Å². The minimum Gasteiger partial charge on any atom is -0.343 e. The van der Waals surface area contributed by atoms with Gasteiger partial charge in [0.15, 0.2) is 0 Å². The molecule has 18 heavy (non-hydrogen) atoms. The van der Waals surface area contributed by atoms with Crippen LogP contribution in [0.25, 0.3) is 0 Å². The van der Waals surface area contributed by atoms with Crippen LogP contribution in [0.15, 0.2) is 0 Å². The molecule has 0 radical (unpaired) electrons. The van der Waals surface area contributed by atoms with Gasteiger partial charge in [-0.25, -0.2) is 0 Å². The molecule has 0 spiro atoms. The second kappa shape index (κ2) is 5.17. The fraction of sp³-hybridized carbons (Fsp3) is 0.929. The third-order valence-corrected chi connectivity index (χ3v) is 4.82. The molecule has 0 aliphatic carbocycles. The van der Waals surface area contributed by atoms with Gasteiger partial charge in [0, 0.05) is 45.7 Å². The van der Waals surface area contributed by atoms with Crippen LogP contribution < -0.4 is 0 Å². The zero-order chi connectivity index (χ0) is 12.5. The fourth-order valence-electron chi connectivity index (χ4n) is 3.93. The Labute approximate surface area is 110 Å². The topological polar surface area (TPSA) is 26.8 Å². The van der Waals surface area contributed by atoms with Gasteiger partial charge in [0.05, 0.1) is 0 Å². The van der Waals surface area contributed by atoms with Crippen LogP contribution in [-0.4, -0.2) is 73.5 Å². The van der Waals surface area contributed by atoms with Gasteiger partial charge in [-0.3, -0.25) is 4.79 Å². The first-order valence-corrected chi connectivity index (χ1v) is 7.41. The number of carbonyl (C=O) groups excluding carboxylic acids is 1. The van der Waals surface area contributed by atoms with Crippen molar-refractivity contribution in [3.63, 3.8) is 0 Å². The molecule has 0 saturated carbocycles. The van der Waals surface area contributed by atoms with Gasteiger partial charge in [-0.2, -0.15) is 0 Å². The molecule has 0 aromatic carbocycles. The van der Waals surface area contributed by atoms with Crippen LogP contribution in [0.1, 0.15) is 19.3 Å². The Hall–Kier alpha value is -0.610. The maximum absolute atomic E-state index is 11.5. The predicted molar refractivity (Wildman–Crippen MR) is 71.3 cm³/mol. The van der Waals surface area contributed by atoms with Crippen molar-refractivity contribution in [3.05, 3.63) is 0 Å². The van der Waals surface area contributed by atoms with Gasteiger partial charge in [0.2, 0.25) is 5.91 Å². The number of rotatable bonds is 4. The van der Waals surface area contributed by atoms with E-state index in [1.165, 1.54) is 32.7 Å². The minimum absolute atomic E-state index is 0.370. The maximum atomic E-state index is 11.5. The number of nitrogens with zero attached hydrogens (tertiary/aromatic N) is 3. The van der Waals surface area contributed by atoms with Crippen molar-refractivity contribution >= 4 is 5.91 Å². The van der Waals surface area contributed by atoms with Crippen molar-refractivity contribution in [2.45, 2.75) is 19.3 Å². The summed E-state index contributed by atoms with van der Waals surface area (Å²) in [6.07, 6.45) is 3.00. The normalized spacial score (nSPS) is 33.6. The molecule has 2 atom stereocenters. The standard InChI is InChI=1S/C14H25N3O/c1-15-8-12-10-16(11-13(12)9-15)5-3-7-17-6-2-4-14(17)18/h12-13H,2-11H2,1H3/t12-,13+. The SMILES string of the molecule is CN1C[C@@H]2CN(CCCN3CCCC3=O)C[C@@H]2C1. The molecular weight excluding hydrogens is 226 g/mol. The highest BCUT2D eigenvalue weighted by Crippen LogP contribution is 2.30. The van der Waals surface area contributed by atoms with Crippen molar-refractivity contribution in [2.75, 3.05) is 52.9 Å². The highest BCUT2D eigenvalue weighted by molar-refractivity contribution is 5.77. The zero-order valence-electron chi connectivity index (χ0n) is 11.5. The third-order valence-electron chi connectivity index (χ3n) is 4.82. The molecule has 3 heterocycles. The average Bonchev–Trinajstić information content (AvgIpc) is 2.94. The van der Waals surface area contributed by atoms with E-state index in [0.29, 0.717) is 5.91 Å². The van der Waals surface area contributed by atoms with Crippen molar-refractivity contribution in [1.82, 2.24) is 14.7 Å². The second-order valence-electron chi connectivity index (χ2n) is 6.34. The lowest BCUT2D eigenvalue weighted by molar-refractivity contribution is -0.127. The maximum Gasteiger partial charge on any atom is 0.222 e. The lowest BCUT2D eigenvalue weighted by atomic mass is 10.0. The summed E-state index contributed by atoms with van der Waals surface area (Å²) >= 11 is 0. The molecule has 3 aliphatic rings. The predicted octanol–water partition coefficient (Wildman–Crippen LogP) is 0.492. The molecular formula is C14H25N3O. The first-order valence-electron chi connectivity index (χ1n) is 7.41. The molecule has 0 N–H and O–H groups in total. The van der Waals surface area contributed by atoms with Crippen LogP contribution in [0.3, 0.4) is 0 Å². The van der Waals surface area contributed by atoms with Gasteiger partial charge in [-0.1, -0.05) is 0 Å². The van der Waals surface area contributed by atoms with Crippen LogP contribution in [0, 0.1) is 11.8 Å². The molecule has 0 bridgehead atoms. The number of fused-ring (bicyclic) bond motifs is 1. The summed E-state index contributed by atoms with van der Waals surface area (Å²) in [5, 5.41) is 0. The Kier molecular flexibility index (Phi) is 3.57. The Morgan fingerprint density at radius 1 is 1.11 bits per heavy atom. The Morgan fingerprint density at radius 3 is 2.44 bits per heavy atom. The molecule has 4 heteroatoms. The molecule has 102 valence electrons. The van der Waals surface area contributed by atoms with Crippen molar-refractivity contribution in [3.8, 4) is 0 Å². The van der Waals surface area contributed by atoms with E-state index >= 15 is 0 Å². The zero-order valence-corrected chi connectivity index (χ0v) is 11.5. The summed E-state index contributed by atoms with van der Waals surface area (Å²) in [7, 11) is 2.24. The molecule has 4 nitrogen and oxygen atoms in total.